The fourth-order valence-electron chi connectivity index (χ4n) is 1.21. The third kappa shape index (κ3) is 3.47. The van der Waals surface area contributed by atoms with E-state index >= 15 is 0 Å². The number of hydrogen-bond acceptors (Lipinski definition) is 5. The van der Waals surface area contributed by atoms with Gasteiger partial charge >= 0.3 is 0 Å². The van der Waals surface area contributed by atoms with Crippen molar-refractivity contribution in [1.82, 2.24) is 9.88 Å². The van der Waals surface area contributed by atoms with E-state index in [1.54, 1.807) is 6.92 Å². The number of nitrogens with zero attached hydrogens (tertiary/aromatic N) is 3. The Morgan fingerprint density at radius 1 is 1.56 bits per heavy atom. The van der Waals surface area contributed by atoms with Crippen LogP contribution < -0.4 is 5.32 Å². The van der Waals surface area contributed by atoms with Gasteiger partial charge < -0.3 is 10.2 Å². The zero-order valence-electron chi connectivity index (χ0n) is 9.73. The highest BCUT2D eigenvalue weighted by atomic mass is 16.6. The predicted octanol–water partition coefficient (Wildman–Crippen LogP) is 1.27. The topological polar surface area (TPSA) is 71.3 Å². The molecule has 1 N–H and O–H groups in total. The maximum Gasteiger partial charge on any atom is 0.277 e. The smallest absolute Gasteiger partial charge is 0.277 e. The molecule has 16 heavy (non-hydrogen) atoms. The first-order valence-corrected chi connectivity index (χ1v) is 5.00. The average Bonchev–Trinajstić information content (AvgIpc) is 2.19. The van der Waals surface area contributed by atoms with Crippen molar-refractivity contribution in [2.45, 2.75) is 6.92 Å². The van der Waals surface area contributed by atoms with E-state index in [0.717, 1.165) is 6.54 Å². The summed E-state index contributed by atoms with van der Waals surface area (Å²) in [5.74, 6) is 0.541. The second-order valence-corrected chi connectivity index (χ2v) is 3.84. The number of likely N-dealkylation sites (N-methyl/N-ethyl adjacent to an activating group) is 1. The van der Waals surface area contributed by atoms with Gasteiger partial charge in [0.25, 0.3) is 5.69 Å². The number of nitro groups is 1. The minimum Gasteiger partial charge on any atom is -0.369 e. The van der Waals surface area contributed by atoms with Crippen LogP contribution in [0.5, 0.6) is 0 Å². The molecule has 1 rings (SSSR count). The summed E-state index contributed by atoms with van der Waals surface area (Å²) >= 11 is 0. The van der Waals surface area contributed by atoms with Crippen LogP contribution in [0.1, 0.15) is 5.56 Å². The maximum atomic E-state index is 10.7. The Labute approximate surface area is 94.4 Å². The van der Waals surface area contributed by atoms with Gasteiger partial charge in [-0.05, 0) is 21.0 Å². The lowest BCUT2D eigenvalue weighted by molar-refractivity contribution is -0.385. The van der Waals surface area contributed by atoms with Crippen LogP contribution in [0, 0.1) is 17.0 Å². The number of nitrogens with one attached hydrogen (secondary N) is 1. The molecule has 0 aromatic carbocycles. The first kappa shape index (κ1) is 12.4. The molecule has 6 nitrogen and oxygen atoms in total. The second-order valence-electron chi connectivity index (χ2n) is 3.84. The number of anilines is 1. The normalized spacial score (nSPS) is 10.5. The number of rotatable bonds is 5. The lowest BCUT2D eigenvalue weighted by Gasteiger charge is -2.10. The Bertz CT molecular complexity index is 379. The van der Waals surface area contributed by atoms with Gasteiger partial charge in [-0.15, -0.1) is 0 Å². The van der Waals surface area contributed by atoms with Crippen molar-refractivity contribution < 1.29 is 4.92 Å². The number of aryl methyl sites for hydroxylation is 1. The largest absolute Gasteiger partial charge is 0.369 e. The molecule has 1 heterocycles. The van der Waals surface area contributed by atoms with Crippen molar-refractivity contribution in [3.8, 4) is 0 Å². The summed E-state index contributed by atoms with van der Waals surface area (Å²) in [5, 5.41) is 13.7. The fraction of sp³-hybridized carbons (Fsp3) is 0.500. The van der Waals surface area contributed by atoms with E-state index in [4.69, 9.17) is 0 Å². The molecule has 0 unspecified atom stereocenters. The lowest BCUT2D eigenvalue weighted by Crippen LogP contribution is -2.21. The monoisotopic (exact) mass is 224 g/mol. The molecular formula is C10H16N4O2. The summed E-state index contributed by atoms with van der Waals surface area (Å²) in [6, 6.07) is 1.46. The van der Waals surface area contributed by atoms with Crippen molar-refractivity contribution in [2.75, 3.05) is 32.5 Å². The van der Waals surface area contributed by atoms with Crippen LogP contribution in [0.4, 0.5) is 11.5 Å². The molecule has 6 heteroatoms. The van der Waals surface area contributed by atoms with Crippen molar-refractivity contribution in [3.63, 3.8) is 0 Å². The summed E-state index contributed by atoms with van der Waals surface area (Å²) in [4.78, 5) is 16.4. The van der Waals surface area contributed by atoms with Crippen LogP contribution in [-0.2, 0) is 0 Å². The van der Waals surface area contributed by atoms with Crippen LogP contribution in [0.2, 0.25) is 0 Å². The number of aromatic nitrogens is 1. The van der Waals surface area contributed by atoms with E-state index < -0.39 is 4.92 Å². The number of hydrogen-bond donors (Lipinski definition) is 1. The van der Waals surface area contributed by atoms with Crippen molar-refractivity contribution in [3.05, 3.63) is 27.9 Å². The standard InChI is InChI=1S/C10H16N4O2/c1-8-7-12-10(6-9(8)14(15)16)11-4-5-13(2)3/h6-7H,4-5H2,1-3H3,(H,11,12). The first-order valence-electron chi connectivity index (χ1n) is 5.00. The summed E-state index contributed by atoms with van der Waals surface area (Å²) in [6.07, 6.45) is 1.51. The Morgan fingerprint density at radius 3 is 2.81 bits per heavy atom. The molecule has 1 aromatic heterocycles. The third-order valence-electron chi connectivity index (χ3n) is 2.14. The molecule has 0 bridgehead atoms. The fourth-order valence-corrected chi connectivity index (χ4v) is 1.21. The summed E-state index contributed by atoms with van der Waals surface area (Å²) in [5.41, 5.74) is 0.672. The van der Waals surface area contributed by atoms with Gasteiger partial charge in [0.05, 0.1) is 11.0 Å². The zero-order valence-corrected chi connectivity index (χ0v) is 9.73. The van der Waals surface area contributed by atoms with Gasteiger partial charge in [0.1, 0.15) is 5.82 Å². The van der Waals surface area contributed by atoms with Crippen LogP contribution in [-0.4, -0.2) is 42.0 Å². The molecule has 0 aliphatic carbocycles. The highest BCUT2D eigenvalue weighted by molar-refractivity contribution is 5.48. The minimum atomic E-state index is -0.395. The summed E-state index contributed by atoms with van der Waals surface area (Å²) < 4.78 is 0. The summed E-state index contributed by atoms with van der Waals surface area (Å²) in [7, 11) is 3.93. The van der Waals surface area contributed by atoms with Gasteiger partial charge in [-0.2, -0.15) is 0 Å². The lowest BCUT2D eigenvalue weighted by atomic mass is 10.2. The van der Waals surface area contributed by atoms with Gasteiger partial charge in [0, 0.05) is 24.8 Å². The van der Waals surface area contributed by atoms with Crippen LogP contribution >= 0.6 is 0 Å². The quantitative estimate of drug-likeness (QED) is 0.602. The SMILES string of the molecule is Cc1cnc(NCCN(C)C)cc1[N+](=O)[O-]. The molecule has 0 amide bonds. The van der Waals surface area contributed by atoms with E-state index in [1.165, 1.54) is 12.3 Å². The van der Waals surface area contributed by atoms with Gasteiger partial charge in [0.15, 0.2) is 0 Å². The van der Waals surface area contributed by atoms with E-state index in [-0.39, 0.29) is 5.69 Å². The molecular weight excluding hydrogens is 208 g/mol. The van der Waals surface area contributed by atoms with Crippen molar-refractivity contribution in [2.24, 2.45) is 0 Å². The van der Waals surface area contributed by atoms with E-state index in [9.17, 15) is 10.1 Å². The molecule has 1 aromatic rings. The number of pyridine rings is 1. The molecule has 0 saturated heterocycles. The van der Waals surface area contributed by atoms with Gasteiger partial charge in [0.2, 0.25) is 0 Å². The zero-order chi connectivity index (χ0) is 12.1. The minimum absolute atomic E-state index is 0.0994. The van der Waals surface area contributed by atoms with Crippen LogP contribution in [0.25, 0.3) is 0 Å². The van der Waals surface area contributed by atoms with Crippen LogP contribution in [0.3, 0.4) is 0 Å². The molecule has 0 fully saturated rings. The molecule has 0 aliphatic rings. The Kier molecular flexibility index (Phi) is 4.19. The van der Waals surface area contributed by atoms with Gasteiger partial charge in [-0.25, -0.2) is 4.98 Å². The molecule has 88 valence electrons. The Balaban J connectivity index is 2.68. The average molecular weight is 224 g/mol. The molecule has 0 atom stereocenters. The molecule has 0 spiro atoms. The predicted molar refractivity (Wildman–Crippen MR) is 62.7 cm³/mol. The van der Waals surface area contributed by atoms with E-state index in [2.05, 4.69) is 10.3 Å². The van der Waals surface area contributed by atoms with Gasteiger partial charge in [-0.1, -0.05) is 0 Å². The molecule has 0 aliphatic heterocycles. The highest BCUT2D eigenvalue weighted by Crippen LogP contribution is 2.19. The molecule has 0 radical (unpaired) electrons. The second kappa shape index (κ2) is 5.41. The summed E-state index contributed by atoms with van der Waals surface area (Å²) in [6.45, 7) is 3.23. The first-order chi connectivity index (χ1) is 7.50. The Morgan fingerprint density at radius 2 is 2.25 bits per heavy atom. The van der Waals surface area contributed by atoms with Crippen molar-refractivity contribution >= 4 is 11.5 Å². The van der Waals surface area contributed by atoms with Crippen molar-refractivity contribution in [1.29, 1.82) is 0 Å². The van der Waals surface area contributed by atoms with Gasteiger partial charge in [-0.3, -0.25) is 10.1 Å². The molecule has 0 saturated carbocycles. The van der Waals surface area contributed by atoms with E-state index in [1.807, 2.05) is 19.0 Å². The van der Waals surface area contributed by atoms with E-state index in [0.29, 0.717) is 17.9 Å². The maximum absolute atomic E-state index is 10.7. The third-order valence-corrected chi connectivity index (χ3v) is 2.14. The van der Waals surface area contributed by atoms with Crippen LogP contribution in [0.15, 0.2) is 12.3 Å². The Hall–Kier alpha value is -1.69. The highest BCUT2D eigenvalue weighted by Gasteiger charge is 2.11.